The Kier molecular flexibility index (Phi) is 5.57. The summed E-state index contributed by atoms with van der Waals surface area (Å²) in [4.78, 5) is 24.4. The van der Waals surface area contributed by atoms with Gasteiger partial charge in [0.25, 0.3) is 5.91 Å². The van der Waals surface area contributed by atoms with Crippen molar-refractivity contribution in [3.05, 3.63) is 69.5 Å². The second-order valence-electron chi connectivity index (χ2n) is 9.30. The second-order valence-corrected chi connectivity index (χ2v) is 10.9. The predicted octanol–water partition coefficient (Wildman–Crippen LogP) is 5.22. The van der Waals surface area contributed by atoms with E-state index in [1.807, 2.05) is 23.0 Å². The minimum absolute atomic E-state index is 0.0863. The minimum Gasteiger partial charge on any atom is -0.345 e. The Morgan fingerprint density at radius 3 is 2.66 bits per heavy atom. The molecular formula is C25H26N4OS2. The van der Waals surface area contributed by atoms with Gasteiger partial charge in [-0.05, 0) is 55.8 Å². The molecule has 164 valence electrons. The lowest BCUT2D eigenvalue weighted by Crippen LogP contribution is -2.64. The Labute approximate surface area is 196 Å². The van der Waals surface area contributed by atoms with Crippen molar-refractivity contribution in [1.82, 2.24) is 20.2 Å². The van der Waals surface area contributed by atoms with Gasteiger partial charge in [0.1, 0.15) is 5.69 Å². The van der Waals surface area contributed by atoms with E-state index in [-0.39, 0.29) is 17.5 Å². The van der Waals surface area contributed by atoms with Crippen molar-refractivity contribution in [2.45, 2.75) is 38.8 Å². The number of likely N-dealkylation sites (tertiary alicyclic amines) is 1. The van der Waals surface area contributed by atoms with Gasteiger partial charge in [-0.25, -0.2) is 9.97 Å². The first-order valence-corrected chi connectivity index (χ1v) is 12.6. The molecule has 1 aliphatic heterocycles. The number of hydrogen-bond donors (Lipinski definition) is 1. The van der Waals surface area contributed by atoms with E-state index < -0.39 is 0 Å². The lowest BCUT2D eigenvalue weighted by Gasteiger charge is -2.47. The van der Waals surface area contributed by atoms with Gasteiger partial charge in [-0.1, -0.05) is 24.3 Å². The number of pyridine rings is 1. The van der Waals surface area contributed by atoms with Crippen LogP contribution in [0.4, 0.5) is 0 Å². The van der Waals surface area contributed by atoms with Crippen LogP contribution in [0.25, 0.3) is 21.5 Å². The Morgan fingerprint density at radius 1 is 1.19 bits per heavy atom. The summed E-state index contributed by atoms with van der Waals surface area (Å²) in [7, 11) is 0. The van der Waals surface area contributed by atoms with Crippen LogP contribution in [-0.2, 0) is 6.42 Å². The molecule has 0 atom stereocenters. The van der Waals surface area contributed by atoms with Crippen molar-refractivity contribution in [3.8, 4) is 11.3 Å². The average Bonchev–Trinajstić information content (AvgIpc) is 3.41. The summed E-state index contributed by atoms with van der Waals surface area (Å²) >= 11 is 3.28. The summed E-state index contributed by atoms with van der Waals surface area (Å²) < 4.78 is 1.15. The number of fused-ring (bicyclic) bond motifs is 1. The smallest absolute Gasteiger partial charge is 0.270 e. The molecule has 0 radical (unpaired) electrons. The fraction of sp³-hybridized carbons (Fsp3) is 0.320. The fourth-order valence-corrected chi connectivity index (χ4v) is 5.43. The van der Waals surface area contributed by atoms with Crippen molar-refractivity contribution in [3.63, 3.8) is 0 Å². The van der Waals surface area contributed by atoms with Gasteiger partial charge in [-0.3, -0.25) is 9.69 Å². The van der Waals surface area contributed by atoms with Crippen LogP contribution in [-0.4, -0.2) is 45.4 Å². The highest BCUT2D eigenvalue weighted by Gasteiger charge is 2.35. The molecule has 0 bridgehead atoms. The molecule has 1 saturated heterocycles. The van der Waals surface area contributed by atoms with E-state index in [1.165, 1.54) is 5.56 Å². The first-order chi connectivity index (χ1) is 15.4. The third-order valence-electron chi connectivity index (χ3n) is 5.96. The molecular weight excluding hydrogens is 436 g/mol. The van der Waals surface area contributed by atoms with Crippen molar-refractivity contribution in [2.75, 3.05) is 13.1 Å². The average molecular weight is 463 g/mol. The van der Waals surface area contributed by atoms with Crippen LogP contribution in [0.1, 0.15) is 42.4 Å². The summed E-state index contributed by atoms with van der Waals surface area (Å²) in [6.45, 7) is 8.37. The first-order valence-electron chi connectivity index (χ1n) is 10.8. The maximum Gasteiger partial charge on any atom is 0.270 e. The normalized spacial score (nSPS) is 15.1. The number of nitrogens with zero attached hydrogens (tertiary/aromatic N) is 3. The van der Waals surface area contributed by atoms with Gasteiger partial charge in [-0.15, -0.1) is 22.7 Å². The summed E-state index contributed by atoms with van der Waals surface area (Å²) in [6, 6.07) is 12.7. The Hall–Kier alpha value is -2.61. The standard InChI is InChI=1S/C25H26N4OS2/c1-25(2,3)29-12-19(13-29)27-24(30)21-11-18(23-20(28-21)8-9-32-23)10-16-4-6-17(7-5-16)22-14-31-15-26-22/h4-9,11,14-15,19H,10,12-13H2,1-3H3,(H,27,30). The van der Waals surface area contributed by atoms with Crippen LogP contribution in [0.3, 0.4) is 0 Å². The number of rotatable bonds is 5. The number of benzene rings is 1. The van der Waals surface area contributed by atoms with Crippen molar-refractivity contribution >= 4 is 38.8 Å². The maximum absolute atomic E-state index is 13.0. The quantitative estimate of drug-likeness (QED) is 0.442. The zero-order chi connectivity index (χ0) is 22.3. The van der Waals surface area contributed by atoms with E-state index in [2.05, 4.69) is 70.6 Å². The number of aromatic nitrogens is 2. The zero-order valence-electron chi connectivity index (χ0n) is 18.5. The van der Waals surface area contributed by atoms with E-state index in [4.69, 9.17) is 0 Å². The van der Waals surface area contributed by atoms with Gasteiger partial charge < -0.3 is 5.32 Å². The van der Waals surface area contributed by atoms with Crippen LogP contribution in [0.2, 0.25) is 0 Å². The molecule has 4 aromatic rings. The molecule has 4 heterocycles. The molecule has 7 heteroatoms. The van der Waals surface area contributed by atoms with E-state index in [9.17, 15) is 4.79 Å². The summed E-state index contributed by atoms with van der Waals surface area (Å²) in [5, 5.41) is 7.26. The number of thiophene rings is 1. The number of nitrogens with one attached hydrogen (secondary N) is 1. The number of carbonyl (C=O) groups is 1. The van der Waals surface area contributed by atoms with Gasteiger partial charge in [0.15, 0.2) is 0 Å². The molecule has 1 aliphatic rings. The van der Waals surface area contributed by atoms with E-state index in [0.717, 1.165) is 46.5 Å². The Bertz CT molecular complexity index is 1230. The molecule has 0 saturated carbocycles. The molecule has 1 aromatic carbocycles. The third-order valence-corrected chi connectivity index (χ3v) is 7.53. The van der Waals surface area contributed by atoms with Gasteiger partial charge in [0.2, 0.25) is 0 Å². The summed E-state index contributed by atoms with van der Waals surface area (Å²) in [5.41, 5.74) is 7.85. The lowest BCUT2D eigenvalue weighted by molar-refractivity contribution is 0.0330. The number of amides is 1. The van der Waals surface area contributed by atoms with Gasteiger partial charge in [-0.2, -0.15) is 0 Å². The van der Waals surface area contributed by atoms with Crippen LogP contribution in [0.5, 0.6) is 0 Å². The molecule has 1 N–H and O–H groups in total. The predicted molar refractivity (Wildman–Crippen MR) is 133 cm³/mol. The van der Waals surface area contributed by atoms with Crippen LogP contribution < -0.4 is 5.32 Å². The maximum atomic E-state index is 13.0. The SMILES string of the molecule is CC(C)(C)N1CC(NC(=O)c2cc(Cc3ccc(-c4cscn4)cc3)c3sccc3n2)C1. The van der Waals surface area contributed by atoms with Crippen LogP contribution >= 0.6 is 22.7 Å². The highest BCUT2D eigenvalue weighted by molar-refractivity contribution is 7.17. The largest absolute Gasteiger partial charge is 0.345 e. The molecule has 1 fully saturated rings. The van der Waals surface area contributed by atoms with E-state index >= 15 is 0 Å². The van der Waals surface area contributed by atoms with Gasteiger partial charge in [0, 0.05) is 29.6 Å². The molecule has 3 aromatic heterocycles. The number of hydrogen-bond acceptors (Lipinski definition) is 6. The zero-order valence-corrected chi connectivity index (χ0v) is 20.1. The molecule has 5 nitrogen and oxygen atoms in total. The molecule has 1 amide bonds. The fourth-order valence-electron chi connectivity index (χ4n) is 4.02. The highest BCUT2D eigenvalue weighted by atomic mass is 32.1. The molecule has 0 spiro atoms. The highest BCUT2D eigenvalue weighted by Crippen LogP contribution is 2.28. The molecule has 5 rings (SSSR count). The van der Waals surface area contributed by atoms with Crippen LogP contribution in [0, 0.1) is 0 Å². The van der Waals surface area contributed by atoms with Gasteiger partial charge >= 0.3 is 0 Å². The van der Waals surface area contributed by atoms with E-state index in [0.29, 0.717) is 5.69 Å². The lowest BCUT2D eigenvalue weighted by atomic mass is 9.97. The van der Waals surface area contributed by atoms with Gasteiger partial charge in [0.05, 0.1) is 27.5 Å². The van der Waals surface area contributed by atoms with Crippen LogP contribution in [0.15, 0.2) is 52.7 Å². The number of carbonyl (C=O) groups excluding carboxylic acids is 1. The molecule has 0 unspecified atom stereocenters. The van der Waals surface area contributed by atoms with E-state index in [1.54, 1.807) is 22.7 Å². The molecule has 0 aliphatic carbocycles. The van der Waals surface area contributed by atoms with Crippen molar-refractivity contribution in [2.24, 2.45) is 0 Å². The van der Waals surface area contributed by atoms with Crippen molar-refractivity contribution in [1.29, 1.82) is 0 Å². The summed E-state index contributed by atoms with van der Waals surface area (Å²) in [6.07, 6.45) is 0.762. The topological polar surface area (TPSA) is 58.1 Å². The first kappa shape index (κ1) is 21.2. The number of thiazole rings is 1. The Morgan fingerprint density at radius 2 is 1.97 bits per heavy atom. The van der Waals surface area contributed by atoms with Crippen molar-refractivity contribution < 1.29 is 4.79 Å². The Balaban J connectivity index is 1.34. The minimum atomic E-state index is -0.0863. The third kappa shape index (κ3) is 4.33. The summed E-state index contributed by atoms with van der Waals surface area (Å²) in [5.74, 6) is -0.0863. The second kappa shape index (κ2) is 8.39. The molecule has 32 heavy (non-hydrogen) atoms. The monoisotopic (exact) mass is 462 g/mol.